The fraction of sp³-hybridized carbons (Fsp3) is 0.938. The SMILES string of the molecule is CCC(C)CCCCCCCCC(=O)OC[C@H](COP(=O)(O)OC[C@H](O)COP(=O)(O)OC[C@@H](COC(=O)CCCCCCCCCCCCCC(C)C)OC(=O)CCCCCCCCC(C)CC)OC(=O)CCCCCCCCC(C)CC. The zero-order valence-electron chi connectivity index (χ0n) is 54.5. The molecule has 8 atom stereocenters. The Hall–Kier alpha value is -1.94. The molecule has 498 valence electrons. The smallest absolute Gasteiger partial charge is 0.462 e. The summed E-state index contributed by atoms with van der Waals surface area (Å²) in [4.78, 5) is 72.3. The van der Waals surface area contributed by atoms with Crippen LogP contribution in [0.25, 0.3) is 0 Å². The van der Waals surface area contributed by atoms with Gasteiger partial charge in [0.1, 0.15) is 19.3 Å². The number of carbonyl (C=O) groups is 4. The van der Waals surface area contributed by atoms with Crippen LogP contribution in [0.1, 0.15) is 312 Å². The summed E-state index contributed by atoms with van der Waals surface area (Å²) in [6.07, 6.45) is 34.9. The number of hydrogen-bond donors (Lipinski definition) is 3. The summed E-state index contributed by atoms with van der Waals surface area (Å²) in [6.45, 7) is 14.0. The summed E-state index contributed by atoms with van der Waals surface area (Å²) in [5, 5.41) is 10.5. The molecule has 0 radical (unpaired) electrons. The first-order valence-corrected chi connectivity index (χ1v) is 36.8. The van der Waals surface area contributed by atoms with Crippen molar-refractivity contribution < 1.29 is 80.2 Å². The molecule has 5 unspecified atom stereocenters. The van der Waals surface area contributed by atoms with Gasteiger partial charge in [0.2, 0.25) is 0 Å². The third-order valence-electron chi connectivity index (χ3n) is 15.9. The molecule has 0 aromatic carbocycles. The maximum atomic E-state index is 13.0. The van der Waals surface area contributed by atoms with Crippen molar-refractivity contribution in [3.63, 3.8) is 0 Å². The molecule has 0 aliphatic rings. The number of unbranched alkanes of at least 4 members (excludes halogenated alkanes) is 25. The van der Waals surface area contributed by atoms with Gasteiger partial charge in [-0.3, -0.25) is 37.3 Å². The highest BCUT2D eigenvalue weighted by atomic mass is 31.2. The van der Waals surface area contributed by atoms with Crippen LogP contribution in [0.15, 0.2) is 0 Å². The van der Waals surface area contributed by atoms with E-state index in [1.807, 2.05) is 0 Å². The number of esters is 4. The second kappa shape index (κ2) is 55.2. The molecule has 0 rings (SSSR count). The largest absolute Gasteiger partial charge is 0.472 e. The number of hydrogen-bond acceptors (Lipinski definition) is 15. The van der Waals surface area contributed by atoms with Crippen molar-refractivity contribution in [3.05, 3.63) is 0 Å². The lowest BCUT2D eigenvalue weighted by Crippen LogP contribution is -2.30. The van der Waals surface area contributed by atoms with Crippen molar-refractivity contribution in [1.29, 1.82) is 0 Å². The lowest BCUT2D eigenvalue weighted by Gasteiger charge is -2.21. The quantitative estimate of drug-likeness (QED) is 0.0222. The minimum absolute atomic E-state index is 0.101. The second-order valence-corrected chi connectivity index (χ2v) is 27.6. The third kappa shape index (κ3) is 55.4. The number of carbonyl (C=O) groups excluding carboxylic acids is 4. The van der Waals surface area contributed by atoms with Crippen molar-refractivity contribution in [3.8, 4) is 0 Å². The van der Waals surface area contributed by atoms with Crippen LogP contribution in [0.2, 0.25) is 0 Å². The number of aliphatic hydroxyl groups is 1. The van der Waals surface area contributed by atoms with Crippen LogP contribution in [0, 0.1) is 23.7 Å². The van der Waals surface area contributed by atoms with Gasteiger partial charge in [0.25, 0.3) is 0 Å². The summed E-state index contributed by atoms with van der Waals surface area (Å²) in [7, 11) is -9.89. The van der Waals surface area contributed by atoms with Gasteiger partial charge in [-0.25, -0.2) is 9.13 Å². The van der Waals surface area contributed by atoms with Crippen LogP contribution in [-0.4, -0.2) is 96.7 Å². The van der Waals surface area contributed by atoms with Gasteiger partial charge in [-0.2, -0.15) is 0 Å². The molecule has 3 N–H and O–H groups in total. The normalized spacial score (nSPS) is 15.4. The van der Waals surface area contributed by atoms with Crippen LogP contribution in [-0.2, 0) is 65.4 Å². The standard InChI is InChI=1S/C65H126O17P2/c1-9-56(6)42-34-26-19-22-30-38-46-63(68)76-52-61(82-65(70)48-40-32-24-21-28-36-44-58(8)11-3)54-80-84(73,74)78-50-59(66)49-77-83(71,72)79-53-60(81-64(69)47-39-31-23-20-27-35-43-57(7)10-2)51-75-62(67)45-37-29-18-16-14-12-13-15-17-25-33-41-55(4)5/h55-61,66H,9-54H2,1-8H3,(H,71,72)(H,73,74)/t56?,57?,58?,59-,60-,61-/m1/s1. The maximum Gasteiger partial charge on any atom is 0.472 e. The molecule has 0 aliphatic heterocycles. The molecule has 0 amide bonds. The first-order chi connectivity index (χ1) is 40.2. The van der Waals surface area contributed by atoms with E-state index >= 15 is 0 Å². The fourth-order valence-corrected chi connectivity index (χ4v) is 11.1. The van der Waals surface area contributed by atoms with Crippen molar-refractivity contribution >= 4 is 39.5 Å². The summed E-state index contributed by atoms with van der Waals surface area (Å²) in [5.74, 6) is 0.800. The molecule has 0 saturated carbocycles. The third-order valence-corrected chi connectivity index (χ3v) is 17.8. The summed E-state index contributed by atoms with van der Waals surface area (Å²) >= 11 is 0. The van der Waals surface area contributed by atoms with Crippen molar-refractivity contribution in [2.75, 3.05) is 39.6 Å². The molecule has 84 heavy (non-hydrogen) atoms. The summed E-state index contributed by atoms with van der Waals surface area (Å²) in [6, 6.07) is 0. The monoisotopic (exact) mass is 1240 g/mol. The summed E-state index contributed by atoms with van der Waals surface area (Å²) in [5.41, 5.74) is 0. The number of ether oxygens (including phenoxy) is 4. The van der Waals surface area contributed by atoms with E-state index in [1.54, 1.807) is 0 Å². The van der Waals surface area contributed by atoms with Crippen LogP contribution in [0.5, 0.6) is 0 Å². The van der Waals surface area contributed by atoms with Crippen LogP contribution in [0.4, 0.5) is 0 Å². The van der Waals surface area contributed by atoms with E-state index in [0.29, 0.717) is 25.7 Å². The Morgan fingerprint density at radius 3 is 0.845 bits per heavy atom. The van der Waals surface area contributed by atoms with Crippen LogP contribution in [0.3, 0.4) is 0 Å². The Bertz CT molecular complexity index is 1680. The van der Waals surface area contributed by atoms with Gasteiger partial charge >= 0.3 is 39.5 Å². The fourth-order valence-electron chi connectivity index (χ4n) is 9.51. The molecular weight excluding hydrogens is 1110 g/mol. The molecule has 19 heteroatoms. The Morgan fingerprint density at radius 2 is 0.571 bits per heavy atom. The highest BCUT2D eigenvalue weighted by molar-refractivity contribution is 7.47. The van der Waals surface area contributed by atoms with Gasteiger partial charge in [0.15, 0.2) is 12.2 Å². The van der Waals surface area contributed by atoms with E-state index in [2.05, 4.69) is 55.4 Å². The van der Waals surface area contributed by atoms with Crippen molar-refractivity contribution in [2.24, 2.45) is 23.7 Å². The average Bonchev–Trinajstić information content (AvgIpc) is 3.46. The molecule has 0 aliphatic carbocycles. The molecular formula is C65H126O17P2. The van der Waals surface area contributed by atoms with E-state index < -0.39 is 97.5 Å². The average molecular weight is 1240 g/mol. The predicted molar refractivity (Wildman–Crippen MR) is 335 cm³/mol. The molecule has 17 nitrogen and oxygen atoms in total. The highest BCUT2D eigenvalue weighted by Crippen LogP contribution is 2.45. The minimum Gasteiger partial charge on any atom is -0.462 e. The van der Waals surface area contributed by atoms with Gasteiger partial charge in [0.05, 0.1) is 26.4 Å². The Morgan fingerprint density at radius 1 is 0.333 bits per heavy atom. The number of phosphoric ester groups is 2. The zero-order chi connectivity index (χ0) is 62.5. The Labute approximate surface area is 511 Å². The predicted octanol–water partition coefficient (Wildman–Crippen LogP) is 17.8. The zero-order valence-corrected chi connectivity index (χ0v) is 56.3. The van der Waals surface area contributed by atoms with Gasteiger partial charge in [0, 0.05) is 25.7 Å². The second-order valence-electron chi connectivity index (χ2n) is 24.7. The highest BCUT2D eigenvalue weighted by Gasteiger charge is 2.30. The minimum atomic E-state index is -4.95. The van der Waals surface area contributed by atoms with E-state index in [0.717, 1.165) is 120 Å². The van der Waals surface area contributed by atoms with E-state index in [-0.39, 0.29) is 25.7 Å². The Kier molecular flexibility index (Phi) is 53.9. The number of phosphoric acid groups is 2. The Balaban J connectivity index is 5.25. The molecule has 0 spiro atoms. The molecule has 0 aromatic heterocycles. The van der Waals surface area contributed by atoms with Gasteiger partial charge < -0.3 is 33.8 Å². The molecule has 0 saturated heterocycles. The van der Waals surface area contributed by atoms with Gasteiger partial charge in [-0.15, -0.1) is 0 Å². The van der Waals surface area contributed by atoms with Crippen LogP contribution < -0.4 is 0 Å². The van der Waals surface area contributed by atoms with Crippen LogP contribution >= 0.6 is 15.6 Å². The molecule has 0 heterocycles. The number of rotatable bonds is 62. The van der Waals surface area contributed by atoms with Crippen molar-refractivity contribution in [2.45, 2.75) is 331 Å². The van der Waals surface area contributed by atoms with E-state index in [1.165, 1.54) is 109 Å². The lowest BCUT2D eigenvalue weighted by molar-refractivity contribution is -0.161. The molecule has 0 aromatic rings. The topological polar surface area (TPSA) is 237 Å². The van der Waals surface area contributed by atoms with Gasteiger partial charge in [-0.1, -0.05) is 261 Å². The first kappa shape index (κ1) is 82.1. The maximum absolute atomic E-state index is 13.0. The van der Waals surface area contributed by atoms with Gasteiger partial charge in [-0.05, 0) is 49.4 Å². The first-order valence-electron chi connectivity index (χ1n) is 33.8. The molecule has 0 fully saturated rings. The molecule has 0 bridgehead atoms. The lowest BCUT2D eigenvalue weighted by atomic mass is 10.00. The van der Waals surface area contributed by atoms with E-state index in [9.17, 15) is 43.2 Å². The van der Waals surface area contributed by atoms with E-state index in [4.69, 9.17) is 37.0 Å². The van der Waals surface area contributed by atoms with Crippen molar-refractivity contribution in [1.82, 2.24) is 0 Å². The summed E-state index contributed by atoms with van der Waals surface area (Å²) < 4.78 is 68.0. The number of aliphatic hydroxyl groups excluding tert-OH is 1.